The summed E-state index contributed by atoms with van der Waals surface area (Å²) in [5.74, 6) is 1.27. The number of ether oxygens (including phenoxy) is 1. The van der Waals surface area contributed by atoms with Crippen LogP contribution in [-0.4, -0.2) is 34.0 Å². The number of hydrogen-bond donors (Lipinski definition) is 2. The number of hydrogen-bond acceptors (Lipinski definition) is 4. The lowest BCUT2D eigenvalue weighted by atomic mass is 9.76. The van der Waals surface area contributed by atoms with Crippen molar-refractivity contribution in [2.24, 2.45) is 5.92 Å². The van der Waals surface area contributed by atoms with Gasteiger partial charge in [0.05, 0.1) is 16.6 Å². The van der Waals surface area contributed by atoms with E-state index < -0.39 is 0 Å². The van der Waals surface area contributed by atoms with Crippen LogP contribution in [0, 0.1) is 11.7 Å². The standard InChI is InChI=1S/C29H31FN4O2/c1-36-27(28-33-25-11-9-19(15-26(25)34-28)29(35)32-21-3-2-4-21)18-7-5-17(6-8-18)22-13-14-31-24-12-10-20(30)16-23(22)24/h9-18,21,27H,2-8H2,1H3,(H,32,35)(H,33,34). The number of carbonyl (C=O) groups excluding carboxylic acids is 1. The zero-order valence-electron chi connectivity index (χ0n) is 20.5. The van der Waals surface area contributed by atoms with Gasteiger partial charge in [0.15, 0.2) is 0 Å². The van der Waals surface area contributed by atoms with Crippen molar-refractivity contribution in [3.05, 3.63) is 71.4 Å². The summed E-state index contributed by atoms with van der Waals surface area (Å²) in [6.07, 6.45) is 9.00. The van der Waals surface area contributed by atoms with Crippen molar-refractivity contribution >= 4 is 27.8 Å². The highest BCUT2D eigenvalue weighted by Gasteiger charge is 2.32. The zero-order valence-corrected chi connectivity index (χ0v) is 20.5. The molecule has 0 aliphatic heterocycles. The average molecular weight is 487 g/mol. The number of pyridine rings is 1. The first-order chi connectivity index (χ1) is 17.6. The van der Waals surface area contributed by atoms with Crippen LogP contribution in [0.3, 0.4) is 0 Å². The zero-order chi connectivity index (χ0) is 24.6. The summed E-state index contributed by atoms with van der Waals surface area (Å²) in [4.78, 5) is 25.2. The number of amides is 1. The van der Waals surface area contributed by atoms with Crippen LogP contribution >= 0.6 is 0 Å². The van der Waals surface area contributed by atoms with Crippen molar-refractivity contribution in [2.45, 2.75) is 63.0 Å². The van der Waals surface area contributed by atoms with Crippen LogP contribution in [0.15, 0.2) is 48.7 Å². The molecule has 0 bridgehead atoms. The van der Waals surface area contributed by atoms with E-state index in [0.717, 1.165) is 66.3 Å². The Morgan fingerprint density at radius 3 is 2.61 bits per heavy atom. The third-order valence-corrected chi connectivity index (χ3v) is 8.10. The molecule has 6 rings (SSSR count). The topological polar surface area (TPSA) is 79.9 Å². The quantitative estimate of drug-likeness (QED) is 0.340. The second-order valence-electron chi connectivity index (χ2n) is 10.3. The first-order valence-electron chi connectivity index (χ1n) is 13.0. The maximum absolute atomic E-state index is 13.9. The fourth-order valence-electron chi connectivity index (χ4n) is 5.88. The van der Waals surface area contributed by atoms with E-state index >= 15 is 0 Å². The van der Waals surface area contributed by atoms with Gasteiger partial charge in [-0.05, 0) is 105 Å². The third kappa shape index (κ3) is 4.37. The van der Waals surface area contributed by atoms with Gasteiger partial charge in [-0.2, -0.15) is 0 Å². The van der Waals surface area contributed by atoms with Gasteiger partial charge in [0.1, 0.15) is 17.7 Å². The van der Waals surface area contributed by atoms with Gasteiger partial charge in [0.2, 0.25) is 0 Å². The van der Waals surface area contributed by atoms with Crippen molar-refractivity contribution in [2.75, 3.05) is 7.11 Å². The van der Waals surface area contributed by atoms with Gasteiger partial charge in [-0.3, -0.25) is 9.78 Å². The Hall–Kier alpha value is -3.32. The van der Waals surface area contributed by atoms with Gasteiger partial charge in [-0.15, -0.1) is 0 Å². The second-order valence-corrected chi connectivity index (χ2v) is 10.3. The molecule has 2 N–H and O–H groups in total. The van der Waals surface area contributed by atoms with Crippen LogP contribution < -0.4 is 5.32 Å². The predicted octanol–water partition coefficient (Wildman–Crippen LogP) is 6.19. The number of rotatable bonds is 6. The highest BCUT2D eigenvalue weighted by Crippen LogP contribution is 2.43. The summed E-state index contributed by atoms with van der Waals surface area (Å²) in [7, 11) is 1.74. The summed E-state index contributed by atoms with van der Waals surface area (Å²) < 4.78 is 19.9. The molecule has 1 atom stereocenters. The SMILES string of the molecule is COC(c1nc2ccc(C(=O)NC3CCC3)cc2[nH]1)C1CCC(c2ccnc3ccc(F)cc23)CC1. The van der Waals surface area contributed by atoms with Crippen molar-refractivity contribution in [3.8, 4) is 0 Å². The molecule has 1 amide bonds. The molecule has 2 heterocycles. The number of aromatic nitrogens is 3. The molecule has 1 unspecified atom stereocenters. The molecule has 2 aliphatic rings. The molecule has 186 valence electrons. The molecule has 2 aromatic carbocycles. The van der Waals surface area contributed by atoms with E-state index in [1.54, 1.807) is 19.2 Å². The number of methoxy groups -OCH3 is 1. The van der Waals surface area contributed by atoms with Crippen LogP contribution in [0.1, 0.15) is 78.7 Å². The van der Waals surface area contributed by atoms with Crippen LogP contribution in [0.2, 0.25) is 0 Å². The molecule has 2 aromatic heterocycles. The summed E-state index contributed by atoms with van der Waals surface area (Å²) in [5.41, 5.74) is 4.37. The third-order valence-electron chi connectivity index (χ3n) is 8.10. The first kappa shape index (κ1) is 23.1. The number of benzene rings is 2. The van der Waals surface area contributed by atoms with Crippen molar-refractivity contribution in [1.29, 1.82) is 0 Å². The Bertz CT molecular complexity index is 1410. The highest BCUT2D eigenvalue weighted by atomic mass is 19.1. The van der Waals surface area contributed by atoms with Gasteiger partial charge in [-0.25, -0.2) is 9.37 Å². The summed E-state index contributed by atoms with van der Waals surface area (Å²) in [5, 5.41) is 4.01. The lowest BCUT2D eigenvalue weighted by Gasteiger charge is -2.33. The maximum atomic E-state index is 13.9. The molecule has 2 fully saturated rings. The molecule has 2 aliphatic carbocycles. The number of nitrogens with one attached hydrogen (secondary N) is 2. The lowest BCUT2D eigenvalue weighted by Crippen LogP contribution is -2.39. The van der Waals surface area contributed by atoms with E-state index in [0.29, 0.717) is 23.4 Å². The summed E-state index contributed by atoms with van der Waals surface area (Å²) >= 11 is 0. The molecule has 0 radical (unpaired) electrons. The minimum Gasteiger partial charge on any atom is -0.373 e. The summed E-state index contributed by atoms with van der Waals surface area (Å²) in [6, 6.07) is 12.8. The molecule has 7 heteroatoms. The van der Waals surface area contributed by atoms with E-state index in [1.165, 1.54) is 18.1 Å². The Kier molecular flexibility index (Phi) is 6.17. The molecular formula is C29H31FN4O2. The molecule has 6 nitrogen and oxygen atoms in total. The van der Waals surface area contributed by atoms with Crippen LogP contribution in [-0.2, 0) is 4.74 Å². The monoisotopic (exact) mass is 486 g/mol. The summed E-state index contributed by atoms with van der Waals surface area (Å²) in [6.45, 7) is 0. The highest BCUT2D eigenvalue weighted by molar-refractivity contribution is 5.97. The molecule has 4 aromatic rings. The molecule has 2 saturated carbocycles. The minimum atomic E-state index is -0.224. The van der Waals surface area contributed by atoms with Crippen molar-refractivity contribution in [3.63, 3.8) is 0 Å². The maximum Gasteiger partial charge on any atom is 0.251 e. The minimum absolute atomic E-state index is 0.0251. The van der Waals surface area contributed by atoms with Gasteiger partial charge < -0.3 is 15.0 Å². The number of halogens is 1. The Balaban J connectivity index is 1.17. The largest absolute Gasteiger partial charge is 0.373 e. The number of H-pyrrole nitrogens is 1. The van der Waals surface area contributed by atoms with Crippen molar-refractivity contribution in [1.82, 2.24) is 20.3 Å². The van der Waals surface area contributed by atoms with Gasteiger partial charge in [0.25, 0.3) is 5.91 Å². The van der Waals surface area contributed by atoms with E-state index in [4.69, 9.17) is 9.72 Å². The second kappa shape index (κ2) is 9.62. The number of carbonyl (C=O) groups is 1. The van der Waals surface area contributed by atoms with Crippen LogP contribution in [0.5, 0.6) is 0 Å². The Morgan fingerprint density at radius 2 is 1.86 bits per heavy atom. The van der Waals surface area contributed by atoms with Crippen LogP contribution in [0.25, 0.3) is 21.9 Å². The van der Waals surface area contributed by atoms with E-state index in [2.05, 4.69) is 15.3 Å². The molecule has 0 spiro atoms. The number of nitrogens with zero attached hydrogens (tertiary/aromatic N) is 2. The number of fused-ring (bicyclic) bond motifs is 2. The average Bonchev–Trinajstić information content (AvgIpc) is 3.29. The van der Waals surface area contributed by atoms with Gasteiger partial charge >= 0.3 is 0 Å². The Labute approximate surface area is 209 Å². The molecule has 36 heavy (non-hydrogen) atoms. The molecular weight excluding hydrogens is 455 g/mol. The van der Waals surface area contributed by atoms with E-state index in [-0.39, 0.29) is 17.8 Å². The fraction of sp³-hybridized carbons (Fsp3) is 0.414. The van der Waals surface area contributed by atoms with Gasteiger partial charge in [0, 0.05) is 30.3 Å². The van der Waals surface area contributed by atoms with Gasteiger partial charge in [-0.1, -0.05) is 0 Å². The normalized spacial score (nSPS) is 21.4. The van der Waals surface area contributed by atoms with Crippen molar-refractivity contribution < 1.29 is 13.9 Å². The first-order valence-corrected chi connectivity index (χ1v) is 13.0. The fourth-order valence-corrected chi connectivity index (χ4v) is 5.88. The number of imidazole rings is 1. The predicted molar refractivity (Wildman–Crippen MR) is 137 cm³/mol. The van der Waals surface area contributed by atoms with E-state index in [9.17, 15) is 9.18 Å². The van der Waals surface area contributed by atoms with E-state index in [1.807, 2.05) is 30.5 Å². The molecule has 0 saturated heterocycles. The Morgan fingerprint density at radius 1 is 1.06 bits per heavy atom. The van der Waals surface area contributed by atoms with Crippen LogP contribution in [0.4, 0.5) is 4.39 Å². The lowest BCUT2D eigenvalue weighted by molar-refractivity contribution is 0.0274. The smallest absolute Gasteiger partial charge is 0.251 e. The number of aromatic amines is 1.